The summed E-state index contributed by atoms with van der Waals surface area (Å²) in [6.45, 7) is 2.73. The minimum absolute atomic E-state index is 0.224. The molecule has 0 aliphatic rings. The highest BCUT2D eigenvalue weighted by Gasteiger charge is 2.21. The maximum Gasteiger partial charge on any atom is 0.129 e. The van der Waals surface area contributed by atoms with Gasteiger partial charge in [0.2, 0.25) is 0 Å². The molecule has 1 aromatic rings. The molecule has 0 saturated carbocycles. The Morgan fingerprint density at radius 2 is 1.85 bits per heavy atom. The lowest BCUT2D eigenvalue weighted by atomic mass is 10.0. The van der Waals surface area contributed by atoms with Crippen LogP contribution in [0.4, 0.5) is 4.39 Å². The van der Waals surface area contributed by atoms with E-state index in [0.29, 0.717) is 43.4 Å². The van der Waals surface area contributed by atoms with E-state index in [1.165, 1.54) is 6.07 Å². The van der Waals surface area contributed by atoms with E-state index in [0.717, 1.165) is 0 Å². The first kappa shape index (κ1) is 17.3. The highest BCUT2D eigenvalue weighted by atomic mass is 35.5. The van der Waals surface area contributed by atoms with Crippen molar-refractivity contribution >= 4 is 11.6 Å². The SMILES string of the molecule is COCCN(CCOC)C(CN)c1ccc(Cl)cc1F. The van der Waals surface area contributed by atoms with Crippen LogP contribution in [0, 0.1) is 5.82 Å². The summed E-state index contributed by atoms with van der Waals surface area (Å²) in [6, 6.07) is 4.44. The lowest BCUT2D eigenvalue weighted by Gasteiger charge is -2.31. The zero-order valence-electron chi connectivity index (χ0n) is 11.9. The first-order valence-corrected chi connectivity index (χ1v) is 6.88. The van der Waals surface area contributed by atoms with Gasteiger partial charge < -0.3 is 15.2 Å². The topological polar surface area (TPSA) is 47.7 Å². The van der Waals surface area contributed by atoms with Gasteiger partial charge in [-0.3, -0.25) is 4.90 Å². The van der Waals surface area contributed by atoms with Crippen molar-refractivity contribution < 1.29 is 13.9 Å². The van der Waals surface area contributed by atoms with Crippen molar-refractivity contribution in [1.29, 1.82) is 0 Å². The minimum atomic E-state index is -0.340. The first-order valence-electron chi connectivity index (χ1n) is 6.51. The van der Waals surface area contributed by atoms with Crippen LogP contribution in [-0.2, 0) is 9.47 Å². The Kier molecular flexibility index (Phi) is 8.02. The molecule has 0 bridgehead atoms. The van der Waals surface area contributed by atoms with E-state index in [4.69, 9.17) is 26.8 Å². The van der Waals surface area contributed by atoms with Crippen molar-refractivity contribution in [2.24, 2.45) is 5.73 Å². The molecular formula is C14H22ClFN2O2. The molecule has 0 aliphatic carbocycles. The molecule has 0 fully saturated rings. The van der Waals surface area contributed by atoms with Gasteiger partial charge in [0, 0.05) is 44.4 Å². The van der Waals surface area contributed by atoms with Crippen LogP contribution in [0.3, 0.4) is 0 Å². The van der Waals surface area contributed by atoms with Crippen molar-refractivity contribution in [3.8, 4) is 0 Å². The average Bonchev–Trinajstić information content (AvgIpc) is 2.43. The highest BCUT2D eigenvalue weighted by molar-refractivity contribution is 6.30. The van der Waals surface area contributed by atoms with Crippen LogP contribution in [0.5, 0.6) is 0 Å². The molecule has 4 nitrogen and oxygen atoms in total. The molecule has 0 radical (unpaired) electrons. The fourth-order valence-electron chi connectivity index (χ4n) is 2.09. The summed E-state index contributed by atoms with van der Waals surface area (Å²) in [5.74, 6) is -0.340. The van der Waals surface area contributed by atoms with Crippen molar-refractivity contribution in [3.63, 3.8) is 0 Å². The molecule has 0 aliphatic heterocycles. The van der Waals surface area contributed by atoms with Crippen LogP contribution in [0.25, 0.3) is 0 Å². The minimum Gasteiger partial charge on any atom is -0.383 e. The van der Waals surface area contributed by atoms with Crippen molar-refractivity contribution in [2.75, 3.05) is 47.1 Å². The molecule has 0 saturated heterocycles. The summed E-state index contributed by atoms with van der Waals surface area (Å²) in [7, 11) is 3.27. The third kappa shape index (κ3) is 5.00. The standard InChI is InChI=1S/C14H22ClFN2O2/c1-19-7-5-18(6-8-20-2)14(10-17)12-4-3-11(15)9-13(12)16/h3-4,9,14H,5-8,10,17H2,1-2H3. The third-order valence-corrected chi connectivity index (χ3v) is 3.39. The molecule has 2 N–H and O–H groups in total. The molecule has 1 aromatic carbocycles. The van der Waals surface area contributed by atoms with E-state index >= 15 is 0 Å². The van der Waals surface area contributed by atoms with Gasteiger partial charge in [-0.15, -0.1) is 0 Å². The van der Waals surface area contributed by atoms with Gasteiger partial charge in [-0.1, -0.05) is 17.7 Å². The monoisotopic (exact) mass is 304 g/mol. The number of methoxy groups -OCH3 is 2. The van der Waals surface area contributed by atoms with Crippen LogP contribution in [0.15, 0.2) is 18.2 Å². The van der Waals surface area contributed by atoms with Gasteiger partial charge in [0.1, 0.15) is 5.82 Å². The van der Waals surface area contributed by atoms with Gasteiger partial charge in [0.05, 0.1) is 19.3 Å². The van der Waals surface area contributed by atoms with Gasteiger partial charge in [-0.05, 0) is 12.1 Å². The Morgan fingerprint density at radius 1 is 1.25 bits per heavy atom. The molecule has 0 amide bonds. The zero-order valence-corrected chi connectivity index (χ0v) is 12.7. The third-order valence-electron chi connectivity index (χ3n) is 3.15. The van der Waals surface area contributed by atoms with Crippen molar-refractivity contribution in [2.45, 2.75) is 6.04 Å². The van der Waals surface area contributed by atoms with Crippen molar-refractivity contribution in [1.82, 2.24) is 4.90 Å². The van der Waals surface area contributed by atoms with E-state index < -0.39 is 0 Å². The lowest BCUT2D eigenvalue weighted by Crippen LogP contribution is -2.38. The molecule has 20 heavy (non-hydrogen) atoms. The van der Waals surface area contributed by atoms with E-state index in [-0.39, 0.29) is 11.9 Å². The summed E-state index contributed by atoms with van der Waals surface area (Å²) >= 11 is 5.79. The molecule has 1 rings (SSSR count). The fraction of sp³-hybridized carbons (Fsp3) is 0.571. The molecular weight excluding hydrogens is 283 g/mol. The molecule has 1 unspecified atom stereocenters. The summed E-state index contributed by atoms with van der Waals surface area (Å²) in [6.07, 6.45) is 0. The second-order valence-electron chi connectivity index (χ2n) is 4.44. The van der Waals surface area contributed by atoms with E-state index in [1.807, 2.05) is 0 Å². The van der Waals surface area contributed by atoms with E-state index in [2.05, 4.69) is 4.90 Å². The number of nitrogens with zero attached hydrogens (tertiary/aromatic N) is 1. The molecule has 0 spiro atoms. The van der Waals surface area contributed by atoms with Gasteiger partial charge in [0.15, 0.2) is 0 Å². The predicted octanol–water partition coefficient (Wildman–Crippen LogP) is 2.07. The van der Waals surface area contributed by atoms with Gasteiger partial charge >= 0.3 is 0 Å². The largest absolute Gasteiger partial charge is 0.383 e. The smallest absolute Gasteiger partial charge is 0.129 e. The zero-order chi connectivity index (χ0) is 15.0. The molecule has 6 heteroatoms. The molecule has 0 heterocycles. The molecule has 0 aromatic heterocycles. The maximum atomic E-state index is 14.1. The van der Waals surface area contributed by atoms with E-state index in [9.17, 15) is 4.39 Å². The first-order chi connectivity index (χ1) is 9.63. The highest BCUT2D eigenvalue weighted by Crippen LogP contribution is 2.24. The summed E-state index contributed by atoms with van der Waals surface area (Å²) < 4.78 is 24.3. The quantitative estimate of drug-likeness (QED) is 0.759. The summed E-state index contributed by atoms with van der Waals surface area (Å²) in [5.41, 5.74) is 6.38. The summed E-state index contributed by atoms with van der Waals surface area (Å²) in [5, 5.41) is 0.377. The van der Waals surface area contributed by atoms with Crippen LogP contribution >= 0.6 is 11.6 Å². The maximum absolute atomic E-state index is 14.1. The Balaban J connectivity index is 2.92. The second kappa shape index (κ2) is 9.26. The van der Waals surface area contributed by atoms with E-state index in [1.54, 1.807) is 26.4 Å². The Labute approximate surface area is 124 Å². The Morgan fingerprint density at radius 3 is 2.30 bits per heavy atom. The Hall–Kier alpha value is -0.720. The summed E-state index contributed by atoms with van der Waals surface area (Å²) in [4.78, 5) is 2.05. The number of rotatable bonds is 9. The molecule has 114 valence electrons. The fourth-order valence-corrected chi connectivity index (χ4v) is 2.24. The number of halogens is 2. The van der Waals surface area contributed by atoms with Crippen LogP contribution in [-0.4, -0.2) is 52.0 Å². The molecule has 1 atom stereocenters. The van der Waals surface area contributed by atoms with Crippen LogP contribution in [0.2, 0.25) is 5.02 Å². The van der Waals surface area contributed by atoms with Crippen LogP contribution < -0.4 is 5.73 Å². The van der Waals surface area contributed by atoms with Gasteiger partial charge in [-0.2, -0.15) is 0 Å². The number of hydrogen-bond donors (Lipinski definition) is 1. The number of hydrogen-bond acceptors (Lipinski definition) is 4. The number of nitrogens with two attached hydrogens (primary N) is 1. The van der Waals surface area contributed by atoms with Crippen LogP contribution in [0.1, 0.15) is 11.6 Å². The predicted molar refractivity (Wildman–Crippen MR) is 78.5 cm³/mol. The average molecular weight is 305 g/mol. The second-order valence-corrected chi connectivity index (χ2v) is 4.88. The Bertz CT molecular complexity index is 399. The van der Waals surface area contributed by atoms with Gasteiger partial charge in [0.25, 0.3) is 0 Å². The van der Waals surface area contributed by atoms with Gasteiger partial charge in [-0.25, -0.2) is 4.39 Å². The normalized spacial score (nSPS) is 12.9. The van der Waals surface area contributed by atoms with Crippen molar-refractivity contribution in [3.05, 3.63) is 34.6 Å². The lowest BCUT2D eigenvalue weighted by molar-refractivity contribution is 0.0880. The number of benzene rings is 1. The number of ether oxygens (including phenoxy) is 2.